The summed E-state index contributed by atoms with van der Waals surface area (Å²) in [5.41, 5.74) is 7.00. The minimum atomic E-state index is -3.31. The summed E-state index contributed by atoms with van der Waals surface area (Å²) in [4.78, 5) is 0. The van der Waals surface area contributed by atoms with Gasteiger partial charge in [-0.05, 0) is 30.5 Å². The van der Waals surface area contributed by atoms with E-state index in [1.54, 1.807) is 24.3 Å². The van der Waals surface area contributed by atoms with Crippen molar-refractivity contribution in [1.82, 2.24) is 4.31 Å². The highest BCUT2D eigenvalue weighted by molar-refractivity contribution is 7.88. The molecule has 2 N–H and O–H groups in total. The molecule has 0 radical (unpaired) electrons. The van der Waals surface area contributed by atoms with Gasteiger partial charge in [-0.15, -0.1) is 0 Å². The van der Waals surface area contributed by atoms with E-state index in [2.05, 4.69) is 0 Å². The first-order valence-corrected chi connectivity index (χ1v) is 8.56. The second kappa shape index (κ2) is 6.56. The maximum absolute atomic E-state index is 12.4. The predicted molar refractivity (Wildman–Crippen MR) is 79.7 cm³/mol. The molecule has 0 saturated carbocycles. The molecule has 20 heavy (non-hydrogen) atoms. The van der Waals surface area contributed by atoms with Crippen LogP contribution in [-0.4, -0.2) is 38.5 Å². The quantitative estimate of drug-likeness (QED) is 0.810. The molecule has 1 aromatic carbocycles. The van der Waals surface area contributed by atoms with Gasteiger partial charge in [0.15, 0.2) is 0 Å². The Morgan fingerprint density at radius 3 is 2.60 bits per heavy atom. The molecule has 2 rings (SSSR count). The number of anilines is 1. The van der Waals surface area contributed by atoms with E-state index in [9.17, 15) is 8.42 Å². The van der Waals surface area contributed by atoms with E-state index in [0.717, 1.165) is 25.0 Å². The molecule has 1 unspecified atom stereocenters. The summed E-state index contributed by atoms with van der Waals surface area (Å²) in [7, 11) is -3.31. The van der Waals surface area contributed by atoms with Gasteiger partial charge in [0.2, 0.25) is 10.0 Å². The Bertz CT molecular complexity index is 522. The third-order valence-electron chi connectivity index (χ3n) is 3.51. The highest BCUT2D eigenvalue weighted by Crippen LogP contribution is 2.18. The van der Waals surface area contributed by atoms with Gasteiger partial charge in [-0.1, -0.05) is 19.1 Å². The first-order chi connectivity index (χ1) is 9.51. The summed E-state index contributed by atoms with van der Waals surface area (Å²) in [5, 5.41) is 0. The summed E-state index contributed by atoms with van der Waals surface area (Å²) in [6, 6.07) is 6.96. The third kappa shape index (κ3) is 3.94. The Kier molecular flexibility index (Phi) is 5.01. The maximum atomic E-state index is 12.4. The highest BCUT2D eigenvalue weighted by atomic mass is 32.2. The number of rotatable bonds is 6. The molecule has 0 aromatic heterocycles. The van der Waals surface area contributed by atoms with Gasteiger partial charge >= 0.3 is 0 Å². The van der Waals surface area contributed by atoms with Crippen LogP contribution in [0.3, 0.4) is 0 Å². The molecule has 0 aliphatic carbocycles. The fourth-order valence-electron chi connectivity index (χ4n) is 2.37. The molecule has 112 valence electrons. The Morgan fingerprint density at radius 2 is 2.05 bits per heavy atom. The SMILES string of the molecule is CCN(CC1CCCO1)S(=O)(=O)Cc1ccc(N)cc1. The summed E-state index contributed by atoms with van der Waals surface area (Å²) in [6.45, 7) is 3.51. The smallest absolute Gasteiger partial charge is 0.218 e. The van der Waals surface area contributed by atoms with Crippen molar-refractivity contribution < 1.29 is 13.2 Å². The number of hydrogen-bond acceptors (Lipinski definition) is 4. The molecule has 1 aliphatic rings. The van der Waals surface area contributed by atoms with Crippen LogP contribution >= 0.6 is 0 Å². The topological polar surface area (TPSA) is 72.6 Å². The molecule has 1 saturated heterocycles. The third-order valence-corrected chi connectivity index (χ3v) is 5.40. The van der Waals surface area contributed by atoms with E-state index in [0.29, 0.717) is 18.8 Å². The first kappa shape index (κ1) is 15.3. The molecule has 1 heterocycles. The van der Waals surface area contributed by atoms with Crippen LogP contribution in [0.2, 0.25) is 0 Å². The molecule has 1 atom stereocenters. The fourth-order valence-corrected chi connectivity index (χ4v) is 3.95. The van der Waals surface area contributed by atoms with Crippen LogP contribution in [-0.2, 0) is 20.5 Å². The summed E-state index contributed by atoms with van der Waals surface area (Å²) >= 11 is 0. The van der Waals surface area contributed by atoms with E-state index < -0.39 is 10.0 Å². The van der Waals surface area contributed by atoms with Crippen molar-refractivity contribution in [2.45, 2.75) is 31.6 Å². The van der Waals surface area contributed by atoms with Crippen molar-refractivity contribution in [3.05, 3.63) is 29.8 Å². The normalized spacial score (nSPS) is 19.6. The molecular weight excluding hydrogens is 276 g/mol. The van der Waals surface area contributed by atoms with Crippen LogP contribution in [0.5, 0.6) is 0 Å². The number of nitrogen functional groups attached to an aromatic ring is 1. The second-order valence-corrected chi connectivity index (χ2v) is 7.05. The van der Waals surface area contributed by atoms with Crippen LogP contribution in [0.4, 0.5) is 5.69 Å². The fraction of sp³-hybridized carbons (Fsp3) is 0.571. The van der Waals surface area contributed by atoms with E-state index in [1.807, 2.05) is 6.92 Å². The molecule has 0 spiro atoms. The Morgan fingerprint density at radius 1 is 1.35 bits per heavy atom. The van der Waals surface area contributed by atoms with Crippen molar-refractivity contribution in [3.8, 4) is 0 Å². The number of benzene rings is 1. The monoisotopic (exact) mass is 298 g/mol. The summed E-state index contributed by atoms with van der Waals surface area (Å²) in [5.74, 6) is 0.00778. The van der Waals surface area contributed by atoms with Gasteiger partial charge in [-0.25, -0.2) is 8.42 Å². The van der Waals surface area contributed by atoms with Crippen molar-refractivity contribution in [2.75, 3.05) is 25.4 Å². The predicted octanol–water partition coefficient (Wildman–Crippen LogP) is 1.60. The molecule has 6 heteroatoms. The standard InChI is InChI=1S/C14H22N2O3S/c1-2-16(10-14-4-3-9-19-14)20(17,18)11-12-5-7-13(15)8-6-12/h5-8,14H,2-4,9-11,15H2,1H3. The molecule has 1 aliphatic heterocycles. The van der Waals surface area contributed by atoms with Gasteiger partial charge in [0.25, 0.3) is 0 Å². The lowest BCUT2D eigenvalue weighted by Crippen LogP contribution is -2.37. The van der Waals surface area contributed by atoms with Gasteiger partial charge in [-0.2, -0.15) is 4.31 Å². The van der Waals surface area contributed by atoms with Gasteiger partial charge < -0.3 is 10.5 Å². The van der Waals surface area contributed by atoms with Crippen molar-refractivity contribution in [2.24, 2.45) is 0 Å². The second-order valence-electron chi connectivity index (χ2n) is 5.08. The molecule has 1 aromatic rings. The van der Waals surface area contributed by atoms with E-state index in [1.165, 1.54) is 4.31 Å². The Balaban J connectivity index is 2.04. The Labute approximate surface area is 120 Å². The van der Waals surface area contributed by atoms with Gasteiger partial charge in [0, 0.05) is 25.4 Å². The number of nitrogens with zero attached hydrogens (tertiary/aromatic N) is 1. The molecule has 5 nitrogen and oxygen atoms in total. The number of ether oxygens (including phenoxy) is 1. The largest absolute Gasteiger partial charge is 0.399 e. The van der Waals surface area contributed by atoms with Crippen molar-refractivity contribution in [1.29, 1.82) is 0 Å². The average Bonchev–Trinajstić information content (AvgIpc) is 2.91. The molecule has 0 bridgehead atoms. The number of hydrogen-bond donors (Lipinski definition) is 1. The summed E-state index contributed by atoms with van der Waals surface area (Å²) in [6.07, 6.45) is 1.99. The minimum Gasteiger partial charge on any atom is -0.399 e. The highest BCUT2D eigenvalue weighted by Gasteiger charge is 2.26. The lowest BCUT2D eigenvalue weighted by atomic mass is 10.2. The van der Waals surface area contributed by atoms with Crippen molar-refractivity contribution >= 4 is 15.7 Å². The van der Waals surface area contributed by atoms with Crippen LogP contribution in [0, 0.1) is 0 Å². The van der Waals surface area contributed by atoms with Crippen molar-refractivity contribution in [3.63, 3.8) is 0 Å². The molecular formula is C14H22N2O3S. The van der Waals surface area contributed by atoms with Crippen LogP contribution in [0.25, 0.3) is 0 Å². The van der Waals surface area contributed by atoms with Crippen LogP contribution in [0.1, 0.15) is 25.3 Å². The molecule has 1 fully saturated rings. The van der Waals surface area contributed by atoms with Crippen LogP contribution < -0.4 is 5.73 Å². The molecule has 0 amide bonds. The van der Waals surface area contributed by atoms with Gasteiger partial charge in [0.1, 0.15) is 0 Å². The lowest BCUT2D eigenvalue weighted by molar-refractivity contribution is 0.0946. The zero-order valence-electron chi connectivity index (χ0n) is 11.8. The minimum absolute atomic E-state index is 0.00778. The maximum Gasteiger partial charge on any atom is 0.218 e. The average molecular weight is 298 g/mol. The van der Waals surface area contributed by atoms with Gasteiger partial charge in [0.05, 0.1) is 11.9 Å². The van der Waals surface area contributed by atoms with Gasteiger partial charge in [-0.3, -0.25) is 0 Å². The zero-order valence-corrected chi connectivity index (χ0v) is 12.6. The van der Waals surface area contributed by atoms with E-state index in [-0.39, 0.29) is 11.9 Å². The Hall–Kier alpha value is -1.11. The summed E-state index contributed by atoms with van der Waals surface area (Å²) < 4.78 is 31.9. The van der Waals surface area contributed by atoms with E-state index in [4.69, 9.17) is 10.5 Å². The lowest BCUT2D eigenvalue weighted by Gasteiger charge is -2.23. The first-order valence-electron chi connectivity index (χ1n) is 6.95. The van der Waals surface area contributed by atoms with E-state index >= 15 is 0 Å². The number of nitrogens with two attached hydrogens (primary N) is 1. The number of likely N-dealkylation sites (N-methyl/N-ethyl adjacent to an activating group) is 1. The van der Waals surface area contributed by atoms with Crippen LogP contribution in [0.15, 0.2) is 24.3 Å². The number of sulfonamides is 1. The zero-order chi connectivity index (χ0) is 14.6.